The van der Waals surface area contributed by atoms with E-state index in [1.54, 1.807) is 0 Å². The molecule has 0 saturated heterocycles. The Balaban J connectivity index is 3.24. The van der Waals surface area contributed by atoms with Crippen LogP contribution in [0.15, 0.2) is 0 Å². The molecule has 0 spiro atoms. The minimum Gasteiger partial charge on any atom is -0.300 e. The molecule has 106 valence electrons. The minimum atomic E-state index is 0.277. The van der Waals surface area contributed by atoms with Crippen LogP contribution in [0.1, 0.15) is 90.9 Å². The molecule has 0 fully saturated rings. The standard InChI is InChI=1S/C16H30O2/c1-3-5-6-7-8-9-10-12-16(18)14-11-13-15(17)4-2/h3-14H2,1-2H3. The molecule has 18 heavy (non-hydrogen) atoms. The molecule has 0 rings (SSSR count). The van der Waals surface area contributed by atoms with Crippen LogP contribution < -0.4 is 0 Å². The second kappa shape index (κ2) is 12.8. The van der Waals surface area contributed by atoms with Crippen LogP contribution >= 0.6 is 0 Å². The molecular formula is C16H30O2. The number of hydrogen-bond acceptors (Lipinski definition) is 2. The molecular weight excluding hydrogens is 224 g/mol. The van der Waals surface area contributed by atoms with Gasteiger partial charge in [-0.1, -0.05) is 52.4 Å². The van der Waals surface area contributed by atoms with Crippen LogP contribution in [-0.2, 0) is 9.59 Å². The highest BCUT2D eigenvalue weighted by molar-refractivity contribution is 5.80. The third-order valence-corrected chi connectivity index (χ3v) is 3.36. The summed E-state index contributed by atoms with van der Waals surface area (Å²) in [7, 11) is 0. The van der Waals surface area contributed by atoms with Crippen molar-refractivity contribution in [1.82, 2.24) is 0 Å². The molecule has 2 nitrogen and oxygen atoms in total. The number of carbonyl (C=O) groups excluding carboxylic acids is 2. The molecule has 0 aromatic carbocycles. The Kier molecular flexibility index (Phi) is 12.3. The SMILES string of the molecule is CCCCCCCCCC(=O)CCCC(=O)CC. The lowest BCUT2D eigenvalue weighted by atomic mass is 10.0. The highest BCUT2D eigenvalue weighted by atomic mass is 16.1. The van der Waals surface area contributed by atoms with Gasteiger partial charge in [0.2, 0.25) is 0 Å². The number of carbonyl (C=O) groups is 2. The van der Waals surface area contributed by atoms with Gasteiger partial charge in [0.05, 0.1) is 0 Å². The van der Waals surface area contributed by atoms with Gasteiger partial charge in [-0.15, -0.1) is 0 Å². The van der Waals surface area contributed by atoms with Gasteiger partial charge >= 0.3 is 0 Å². The average Bonchev–Trinajstić information content (AvgIpc) is 2.37. The minimum absolute atomic E-state index is 0.277. The van der Waals surface area contributed by atoms with Gasteiger partial charge in [-0.05, 0) is 12.8 Å². The molecule has 0 bridgehead atoms. The predicted molar refractivity (Wildman–Crippen MR) is 76.8 cm³/mol. The van der Waals surface area contributed by atoms with Gasteiger partial charge in [-0.25, -0.2) is 0 Å². The second-order valence-electron chi connectivity index (χ2n) is 5.16. The second-order valence-corrected chi connectivity index (χ2v) is 5.16. The van der Waals surface area contributed by atoms with Crippen molar-refractivity contribution in [3.63, 3.8) is 0 Å². The fourth-order valence-electron chi connectivity index (χ4n) is 2.06. The Hall–Kier alpha value is -0.660. The number of ketones is 2. The van der Waals surface area contributed by atoms with Gasteiger partial charge in [0.25, 0.3) is 0 Å². The van der Waals surface area contributed by atoms with Crippen molar-refractivity contribution in [3.05, 3.63) is 0 Å². The quantitative estimate of drug-likeness (QED) is 0.440. The van der Waals surface area contributed by atoms with E-state index in [0.29, 0.717) is 31.5 Å². The molecule has 0 amide bonds. The van der Waals surface area contributed by atoms with Crippen LogP contribution in [0.25, 0.3) is 0 Å². The molecule has 0 saturated carbocycles. The topological polar surface area (TPSA) is 34.1 Å². The van der Waals surface area contributed by atoms with Gasteiger partial charge in [-0.2, -0.15) is 0 Å². The molecule has 0 radical (unpaired) electrons. The largest absolute Gasteiger partial charge is 0.300 e. The first kappa shape index (κ1) is 17.3. The van der Waals surface area contributed by atoms with E-state index < -0.39 is 0 Å². The fourth-order valence-corrected chi connectivity index (χ4v) is 2.06. The summed E-state index contributed by atoms with van der Waals surface area (Å²) in [4.78, 5) is 22.6. The summed E-state index contributed by atoms with van der Waals surface area (Å²) in [6.45, 7) is 4.10. The van der Waals surface area contributed by atoms with E-state index in [4.69, 9.17) is 0 Å². The summed E-state index contributed by atoms with van der Waals surface area (Å²) >= 11 is 0. The Labute approximate surface area is 113 Å². The summed E-state index contributed by atoms with van der Waals surface area (Å²) in [5.41, 5.74) is 0. The van der Waals surface area contributed by atoms with Crippen molar-refractivity contribution in [2.75, 3.05) is 0 Å². The van der Waals surface area contributed by atoms with Gasteiger partial charge in [0.1, 0.15) is 11.6 Å². The van der Waals surface area contributed by atoms with E-state index in [1.807, 2.05) is 6.92 Å². The van der Waals surface area contributed by atoms with E-state index in [0.717, 1.165) is 12.8 Å². The first-order chi connectivity index (χ1) is 8.70. The monoisotopic (exact) mass is 254 g/mol. The maximum Gasteiger partial charge on any atom is 0.132 e. The lowest BCUT2D eigenvalue weighted by Crippen LogP contribution is -2.01. The number of unbranched alkanes of at least 4 members (excludes halogenated alkanes) is 6. The molecule has 0 aromatic heterocycles. The van der Waals surface area contributed by atoms with Gasteiger partial charge in [0, 0.05) is 25.7 Å². The number of rotatable bonds is 13. The van der Waals surface area contributed by atoms with Crippen molar-refractivity contribution in [3.8, 4) is 0 Å². The van der Waals surface area contributed by atoms with E-state index in [-0.39, 0.29) is 5.78 Å². The van der Waals surface area contributed by atoms with Crippen LogP contribution in [0.5, 0.6) is 0 Å². The molecule has 2 heteroatoms. The van der Waals surface area contributed by atoms with Crippen molar-refractivity contribution in [2.45, 2.75) is 90.9 Å². The van der Waals surface area contributed by atoms with Gasteiger partial charge in [0.15, 0.2) is 0 Å². The molecule has 0 aromatic rings. The fraction of sp³-hybridized carbons (Fsp3) is 0.875. The third kappa shape index (κ3) is 11.8. The van der Waals surface area contributed by atoms with Crippen LogP contribution in [0.2, 0.25) is 0 Å². The maximum absolute atomic E-state index is 11.5. The Morgan fingerprint density at radius 3 is 1.72 bits per heavy atom. The first-order valence-corrected chi connectivity index (χ1v) is 7.74. The van der Waals surface area contributed by atoms with Crippen LogP contribution in [0.4, 0.5) is 0 Å². The van der Waals surface area contributed by atoms with Gasteiger partial charge < -0.3 is 0 Å². The summed E-state index contributed by atoms with van der Waals surface area (Å²) in [6, 6.07) is 0. The molecule has 0 unspecified atom stereocenters. The van der Waals surface area contributed by atoms with E-state index >= 15 is 0 Å². The summed E-state index contributed by atoms with van der Waals surface area (Å²) < 4.78 is 0. The van der Waals surface area contributed by atoms with Crippen LogP contribution in [-0.4, -0.2) is 11.6 Å². The molecule has 0 N–H and O–H groups in total. The lowest BCUT2D eigenvalue weighted by molar-refractivity contribution is -0.120. The van der Waals surface area contributed by atoms with Crippen molar-refractivity contribution in [1.29, 1.82) is 0 Å². The lowest BCUT2D eigenvalue weighted by Gasteiger charge is -2.02. The van der Waals surface area contributed by atoms with Crippen molar-refractivity contribution >= 4 is 11.6 Å². The zero-order chi connectivity index (χ0) is 13.6. The third-order valence-electron chi connectivity index (χ3n) is 3.36. The molecule has 0 heterocycles. The van der Waals surface area contributed by atoms with Gasteiger partial charge in [-0.3, -0.25) is 9.59 Å². The van der Waals surface area contributed by atoms with E-state index in [1.165, 1.54) is 38.5 Å². The van der Waals surface area contributed by atoms with Crippen molar-refractivity contribution < 1.29 is 9.59 Å². The Morgan fingerprint density at radius 2 is 1.11 bits per heavy atom. The van der Waals surface area contributed by atoms with Crippen LogP contribution in [0, 0.1) is 0 Å². The zero-order valence-electron chi connectivity index (χ0n) is 12.3. The summed E-state index contributed by atoms with van der Waals surface area (Å²) in [5.74, 6) is 0.617. The highest BCUT2D eigenvalue weighted by Gasteiger charge is 2.04. The summed E-state index contributed by atoms with van der Waals surface area (Å²) in [6.07, 6.45) is 12.0. The van der Waals surface area contributed by atoms with E-state index in [2.05, 4.69) is 6.92 Å². The molecule has 0 atom stereocenters. The van der Waals surface area contributed by atoms with Crippen LogP contribution in [0.3, 0.4) is 0 Å². The van der Waals surface area contributed by atoms with Crippen molar-refractivity contribution in [2.24, 2.45) is 0 Å². The summed E-state index contributed by atoms with van der Waals surface area (Å²) in [5, 5.41) is 0. The number of hydrogen-bond donors (Lipinski definition) is 0. The molecule has 0 aliphatic rings. The normalized spacial score (nSPS) is 10.6. The van der Waals surface area contributed by atoms with E-state index in [9.17, 15) is 9.59 Å². The zero-order valence-corrected chi connectivity index (χ0v) is 12.3. The predicted octanol–water partition coefficient (Wildman–Crippen LogP) is 4.85. The molecule has 0 aliphatic heterocycles. The first-order valence-electron chi connectivity index (χ1n) is 7.74. The smallest absolute Gasteiger partial charge is 0.132 e. The average molecular weight is 254 g/mol. The highest BCUT2D eigenvalue weighted by Crippen LogP contribution is 2.10. The molecule has 0 aliphatic carbocycles. The number of Topliss-reactive ketones (excluding diaryl/α,β-unsaturated/α-hetero) is 2. The Bertz CT molecular complexity index is 221. The maximum atomic E-state index is 11.5. The Morgan fingerprint density at radius 1 is 0.611 bits per heavy atom.